The average molecular weight is 644 g/mol. The van der Waals surface area contributed by atoms with Crippen molar-refractivity contribution in [3.63, 3.8) is 0 Å². The molecule has 2 aliphatic rings. The number of benzene rings is 3. The van der Waals surface area contributed by atoms with Crippen LogP contribution in [0.5, 0.6) is 0 Å². The van der Waals surface area contributed by atoms with Crippen LogP contribution in [0.4, 0.5) is 0 Å². The van der Waals surface area contributed by atoms with Crippen LogP contribution in [0.15, 0.2) is 60.7 Å². The number of aryl methyl sites for hydroxylation is 3. The molecule has 7 rings (SSSR count). The zero-order chi connectivity index (χ0) is 33.4. The Balaban J connectivity index is 1.14. The number of rotatable bonds is 9. The fourth-order valence-corrected chi connectivity index (χ4v) is 7.23. The summed E-state index contributed by atoms with van der Waals surface area (Å²) in [6.07, 6.45) is 4.47. The van der Waals surface area contributed by atoms with Crippen molar-refractivity contribution in [2.75, 3.05) is 26.2 Å². The molecular weight excluding hydrogens is 598 g/mol. The molecule has 48 heavy (non-hydrogen) atoms. The van der Waals surface area contributed by atoms with Crippen molar-refractivity contribution in [3.8, 4) is 22.4 Å². The molecule has 2 N–H and O–H groups in total. The van der Waals surface area contributed by atoms with E-state index in [-0.39, 0.29) is 17.9 Å². The van der Waals surface area contributed by atoms with Crippen LogP contribution >= 0.6 is 0 Å². The Bertz CT molecular complexity index is 1980. The summed E-state index contributed by atoms with van der Waals surface area (Å²) in [6.45, 7) is 13.4. The lowest BCUT2D eigenvalue weighted by atomic mass is 9.94. The lowest BCUT2D eigenvalue weighted by Crippen LogP contribution is -2.34. The first kappa shape index (κ1) is 31.8. The third-order valence-corrected chi connectivity index (χ3v) is 9.98. The molecule has 2 amide bonds. The Hall–Kier alpha value is -4.76. The van der Waals surface area contributed by atoms with Crippen LogP contribution in [0.2, 0.25) is 0 Å². The number of carbonyl (C=O) groups excluding carboxylic acids is 2. The van der Waals surface area contributed by atoms with Crippen LogP contribution in [0.1, 0.15) is 77.7 Å². The van der Waals surface area contributed by atoms with Gasteiger partial charge in [-0.05, 0) is 112 Å². The van der Waals surface area contributed by atoms with Gasteiger partial charge < -0.3 is 20.1 Å². The van der Waals surface area contributed by atoms with E-state index < -0.39 is 0 Å². The minimum Gasteiger partial charge on any atom is -0.342 e. The Morgan fingerprint density at radius 3 is 2.60 bits per heavy atom. The van der Waals surface area contributed by atoms with E-state index in [2.05, 4.69) is 64.1 Å². The molecular formula is C39H45N7O2. The Kier molecular flexibility index (Phi) is 8.88. The molecule has 1 fully saturated rings. The first-order valence-corrected chi connectivity index (χ1v) is 17.3. The maximum absolute atomic E-state index is 13.5. The maximum Gasteiger partial charge on any atom is 0.251 e. The summed E-state index contributed by atoms with van der Waals surface area (Å²) < 4.78 is 2.20. The van der Waals surface area contributed by atoms with E-state index in [4.69, 9.17) is 10.1 Å². The second-order valence-corrected chi connectivity index (χ2v) is 13.5. The summed E-state index contributed by atoms with van der Waals surface area (Å²) in [5.41, 5.74) is 11.1. The number of amides is 2. The summed E-state index contributed by atoms with van der Waals surface area (Å²) in [7, 11) is 0. The molecule has 0 aliphatic carbocycles. The second kappa shape index (κ2) is 13.4. The second-order valence-electron chi connectivity index (χ2n) is 13.5. The number of imidazole rings is 1. The van der Waals surface area contributed by atoms with Gasteiger partial charge in [-0.1, -0.05) is 30.3 Å². The predicted molar refractivity (Wildman–Crippen MR) is 190 cm³/mol. The number of nitrogens with one attached hydrogen (secondary N) is 2. The normalized spacial score (nSPS) is 15.5. The number of fused-ring (bicyclic) bond motifs is 2. The van der Waals surface area contributed by atoms with Crippen molar-refractivity contribution in [1.29, 1.82) is 0 Å². The van der Waals surface area contributed by atoms with E-state index in [9.17, 15) is 9.59 Å². The van der Waals surface area contributed by atoms with Crippen LogP contribution in [0.25, 0.3) is 33.4 Å². The number of likely N-dealkylation sites (tertiary alicyclic amines) is 1. The van der Waals surface area contributed by atoms with Crippen molar-refractivity contribution in [2.45, 2.75) is 72.5 Å². The number of aromatic amines is 1. The zero-order valence-corrected chi connectivity index (χ0v) is 28.5. The molecule has 4 heterocycles. The van der Waals surface area contributed by atoms with Crippen molar-refractivity contribution in [2.24, 2.45) is 0 Å². The summed E-state index contributed by atoms with van der Waals surface area (Å²) in [6, 6.07) is 20.1. The van der Waals surface area contributed by atoms with Gasteiger partial charge in [-0.2, -0.15) is 5.10 Å². The fraction of sp³-hybridized carbons (Fsp3) is 0.385. The number of hydrogen-bond acceptors (Lipinski definition) is 5. The summed E-state index contributed by atoms with van der Waals surface area (Å²) in [4.78, 5) is 38.4. The monoisotopic (exact) mass is 643 g/mol. The van der Waals surface area contributed by atoms with Crippen molar-refractivity contribution >= 4 is 22.8 Å². The van der Waals surface area contributed by atoms with Gasteiger partial charge in [0.1, 0.15) is 5.82 Å². The van der Waals surface area contributed by atoms with Crippen molar-refractivity contribution < 1.29 is 9.59 Å². The molecule has 1 atom stereocenters. The van der Waals surface area contributed by atoms with Gasteiger partial charge in [0.25, 0.3) is 5.91 Å². The van der Waals surface area contributed by atoms with Gasteiger partial charge in [-0.3, -0.25) is 14.3 Å². The van der Waals surface area contributed by atoms with Gasteiger partial charge in [0.15, 0.2) is 0 Å². The van der Waals surface area contributed by atoms with Gasteiger partial charge in [-0.15, -0.1) is 0 Å². The molecule has 9 nitrogen and oxygen atoms in total. The number of H-pyrrole nitrogens is 1. The molecule has 0 radical (unpaired) electrons. The van der Waals surface area contributed by atoms with Crippen LogP contribution < -0.4 is 5.32 Å². The van der Waals surface area contributed by atoms with Crippen LogP contribution in [-0.4, -0.2) is 67.5 Å². The third kappa shape index (κ3) is 6.52. The van der Waals surface area contributed by atoms with E-state index in [0.29, 0.717) is 12.1 Å². The lowest BCUT2D eigenvalue weighted by molar-refractivity contribution is -0.129. The number of nitrogens with zero attached hydrogens (tertiary/aromatic N) is 5. The van der Waals surface area contributed by atoms with Crippen molar-refractivity contribution in [1.82, 2.24) is 34.9 Å². The zero-order valence-electron chi connectivity index (χ0n) is 28.5. The van der Waals surface area contributed by atoms with Gasteiger partial charge in [0.05, 0.1) is 22.8 Å². The van der Waals surface area contributed by atoms with E-state index in [1.807, 2.05) is 42.2 Å². The third-order valence-electron chi connectivity index (χ3n) is 9.98. The van der Waals surface area contributed by atoms with Gasteiger partial charge in [0, 0.05) is 55.4 Å². The van der Waals surface area contributed by atoms with Crippen molar-refractivity contribution in [3.05, 3.63) is 94.4 Å². The Labute approximate surface area is 282 Å². The largest absolute Gasteiger partial charge is 0.342 e. The standard InChI is InChI=1S/C39H45N7O2/c1-25-11-14-34-35(21-25)42-38(41-34)27(3)40-39(48)31-10-7-9-29(22-31)32-23-30(13-12-26(32)2)37-33-24-45(28(4)47)20-15-36(33)46(43-37)19-8-18-44-16-5-6-17-44/h7,9-14,21-23,27H,5-6,8,15-20,24H2,1-4H3,(H,40,48)(H,41,42). The number of hydrogen-bond donors (Lipinski definition) is 2. The molecule has 2 aromatic heterocycles. The fourth-order valence-electron chi connectivity index (χ4n) is 7.23. The van der Waals surface area contributed by atoms with Gasteiger partial charge >= 0.3 is 0 Å². The smallest absolute Gasteiger partial charge is 0.251 e. The lowest BCUT2D eigenvalue weighted by Gasteiger charge is -2.27. The minimum absolute atomic E-state index is 0.0952. The molecule has 9 heteroatoms. The Morgan fingerprint density at radius 1 is 0.958 bits per heavy atom. The van der Waals surface area contributed by atoms with Gasteiger partial charge in [0.2, 0.25) is 5.91 Å². The number of aromatic nitrogens is 4. The van der Waals surface area contributed by atoms with Crippen LogP contribution in [-0.2, 0) is 24.3 Å². The minimum atomic E-state index is -0.287. The highest BCUT2D eigenvalue weighted by atomic mass is 16.2. The molecule has 3 aromatic carbocycles. The maximum atomic E-state index is 13.5. The summed E-state index contributed by atoms with van der Waals surface area (Å²) in [5, 5.41) is 8.32. The molecule has 248 valence electrons. The molecule has 5 aromatic rings. The highest BCUT2D eigenvalue weighted by Gasteiger charge is 2.27. The van der Waals surface area contributed by atoms with Crippen LogP contribution in [0.3, 0.4) is 0 Å². The quantitative estimate of drug-likeness (QED) is 0.189. The molecule has 1 saturated heterocycles. The molecule has 0 spiro atoms. The highest BCUT2D eigenvalue weighted by molar-refractivity contribution is 5.96. The van der Waals surface area contributed by atoms with Crippen LogP contribution in [0, 0.1) is 13.8 Å². The molecule has 0 bridgehead atoms. The van der Waals surface area contributed by atoms with Gasteiger partial charge in [-0.25, -0.2) is 4.98 Å². The average Bonchev–Trinajstić information content (AvgIpc) is 3.84. The summed E-state index contributed by atoms with van der Waals surface area (Å²) in [5.74, 6) is 0.671. The first-order valence-electron chi connectivity index (χ1n) is 17.3. The highest BCUT2D eigenvalue weighted by Crippen LogP contribution is 2.34. The van der Waals surface area contributed by atoms with E-state index >= 15 is 0 Å². The molecule has 0 saturated carbocycles. The van der Waals surface area contributed by atoms with E-state index in [1.165, 1.54) is 31.6 Å². The number of carbonyl (C=O) groups is 2. The predicted octanol–water partition coefficient (Wildman–Crippen LogP) is 6.59. The van der Waals surface area contributed by atoms with E-state index in [0.717, 1.165) is 88.4 Å². The summed E-state index contributed by atoms with van der Waals surface area (Å²) >= 11 is 0. The Morgan fingerprint density at radius 2 is 1.79 bits per heavy atom. The molecule has 1 unspecified atom stereocenters. The SMILES string of the molecule is CC(=O)N1CCc2c(c(-c3ccc(C)c(-c4cccc(C(=O)NC(C)c5nc6ccc(C)cc6[nH]5)c4)c3)nn2CCCN2CCCC2)C1. The molecule has 2 aliphatic heterocycles. The topological polar surface area (TPSA) is 99.1 Å². The van der Waals surface area contributed by atoms with E-state index in [1.54, 1.807) is 6.92 Å². The first-order chi connectivity index (χ1) is 23.2.